The molecule has 0 aromatic carbocycles. The first-order chi connectivity index (χ1) is 9.42. The van der Waals surface area contributed by atoms with Crippen LogP contribution in [0.15, 0.2) is 17.5 Å². The van der Waals surface area contributed by atoms with Crippen molar-refractivity contribution in [1.82, 2.24) is 20.9 Å². The van der Waals surface area contributed by atoms with Crippen molar-refractivity contribution in [3.05, 3.63) is 22.4 Å². The van der Waals surface area contributed by atoms with E-state index in [9.17, 15) is 0 Å². The van der Waals surface area contributed by atoms with Crippen molar-refractivity contribution < 1.29 is 4.74 Å². The number of rotatable bonds is 4. The van der Waals surface area contributed by atoms with Gasteiger partial charge < -0.3 is 15.4 Å². The van der Waals surface area contributed by atoms with Crippen LogP contribution in [0.5, 0.6) is 0 Å². The Morgan fingerprint density at radius 2 is 2.16 bits per heavy atom. The number of thiophene rings is 1. The van der Waals surface area contributed by atoms with Gasteiger partial charge in [0.15, 0.2) is 0 Å². The molecule has 106 valence electrons. The maximum absolute atomic E-state index is 5.94. The van der Waals surface area contributed by atoms with E-state index in [1.165, 1.54) is 4.88 Å². The maximum Gasteiger partial charge on any atom is 0.122 e. The number of hydrogen-bond acceptors (Lipinski definition) is 6. The predicted octanol–water partition coefficient (Wildman–Crippen LogP) is 0.0149. The van der Waals surface area contributed by atoms with Gasteiger partial charge in [0.2, 0.25) is 0 Å². The molecule has 2 saturated heterocycles. The molecule has 2 fully saturated rings. The number of hydrogen-bond donors (Lipinski definition) is 3. The number of nitrogens with one attached hydrogen (secondary N) is 3. The van der Waals surface area contributed by atoms with Crippen LogP contribution in [-0.4, -0.2) is 56.6 Å². The van der Waals surface area contributed by atoms with Gasteiger partial charge in [0.1, 0.15) is 6.23 Å². The molecule has 1 aromatic heterocycles. The molecule has 2 aliphatic rings. The van der Waals surface area contributed by atoms with Gasteiger partial charge in [-0.15, -0.1) is 11.3 Å². The lowest BCUT2D eigenvalue weighted by Crippen LogP contribution is -2.64. The standard InChI is InChI=1S/C13H22N4OS/c1-2-11(19-7-1)10-18-13-9-15-8-12(16-13)17-5-3-14-4-6-17/h1-2,7,12-16H,3-6,8-10H2. The van der Waals surface area contributed by atoms with Crippen LogP contribution in [-0.2, 0) is 11.3 Å². The van der Waals surface area contributed by atoms with Gasteiger partial charge in [-0.3, -0.25) is 10.2 Å². The van der Waals surface area contributed by atoms with E-state index in [1.807, 2.05) is 0 Å². The molecule has 3 N–H and O–H groups in total. The molecule has 0 saturated carbocycles. The van der Waals surface area contributed by atoms with E-state index in [0.717, 1.165) is 39.3 Å². The van der Waals surface area contributed by atoms with Crippen LogP contribution in [0, 0.1) is 0 Å². The Labute approximate surface area is 118 Å². The summed E-state index contributed by atoms with van der Waals surface area (Å²) < 4.78 is 5.94. The van der Waals surface area contributed by atoms with Crippen LogP contribution in [0.4, 0.5) is 0 Å². The van der Waals surface area contributed by atoms with Crippen molar-refractivity contribution >= 4 is 11.3 Å². The van der Waals surface area contributed by atoms with E-state index in [1.54, 1.807) is 11.3 Å². The Hall–Kier alpha value is -0.500. The summed E-state index contributed by atoms with van der Waals surface area (Å²) in [6.45, 7) is 6.96. The Morgan fingerprint density at radius 1 is 1.26 bits per heavy atom. The van der Waals surface area contributed by atoms with E-state index < -0.39 is 0 Å². The van der Waals surface area contributed by atoms with E-state index in [-0.39, 0.29) is 6.23 Å². The zero-order valence-corrected chi connectivity index (χ0v) is 11.9. The van der Waals surface area contributed by atoms with Crippen LogP contribution < -0.4 is 16.0 Å². The molecular formula is C13H22N4OS. The second-order valence-electron chi connectivity index (χ2n) is 5.01. The summed E-state index contributed by atoms with van der Waals surface area (Å²) in [4.78, 5) is 3.77. The molecule has 0 aliphatic carbocycles. The lowest BCUT2D eigenvalue weighted by molar-refractivity contribution is -0.0285. The number of ether oxygens (including phenoxy) is 1. The van der Waals surface area contributed by atoms with E-state index >= 15 is 0 Å². The van der Waals surface area contributed by atoms with Crippen LogP contribution in [0.25, 0.3) is 0 Å². The topological polar surface area (TPSA) is 48.6 Å². The summed E-state index contributed by atoms with van der Waals surface area (Å²) in [5.41, 5.74) is 0. The van der Waals surface area contributed by atoms with E-state index in [2.05, 4.69) is 38.4 Å². The summed E-state index contributed by atoms with van der Waals surface area (Å²) in [6, 6.07) is 4.19. The third-order valence-electron chi connectivity index (χ3n) is 3.64. The fraction of sp³-hybridized carbons (Fsp3) is 0.692. The molecule has 3 heterocycles. The third kappa shape index (κ3) is 3.75. The fourth-order valence-electron chi connectivity index (χ4n) is 2.60. The largest absolute Gasteiger partial charge is 0.356 e. The zero-order valence-electron chi connectivity index (χ0n) is 11.1. The van der Waals surface area contributed by atoms with Gasteiger partial charge >= 0.3 is 0 Å². The predicted molar refractivity (Wildman–Crippen MR) is 77.1 cm³/mol. The van der Waals surface area contributed by atoms with Gasteiger partial charge in [0.25, 0.3) is 0 Å². The smallest absolute Gasteiger partial charge is 0.122 e. The van der Waals surface area contributed by atoms with Gasteiger partial charge in [-0.1, -0.05) is 6.07 Å². The lowest BCUT2D eigenvalue weighted by Gasteiger charge is -2.40. The zero-order chi connectivity index (χ0) is 12.9. The minimum absolute atomic E-state index is 0.107. The Morgan fingerprint density at radius 3 is 2.95 bits per heavy atom. The average Bonchev–Trinajstić information content (AvgIpc) is 3.00. The van der Waals surface area contributed by atoms with Crippen molar-refractivity contribution in [3.8, 4) is 0 Å². The highest BCUT2D eigenvalue weighted by molar-refractivity contribution is 7.09. The van der Waals surface area contributed by atoms with E-state index in [4.69, 9.17) is 4.74 Å². The summed E-state index contributed by atoms with van der Waals surface area (Å²) in [5, 5.41) is 12.6. The second kappa shape index (κ2) is 6.78. The molecule has 2 atom stereocenters. The Bertz CT molecular complexity index is 367. The van der Waals surface area contributed by atoms with Gasteiger partial charge in [-0.25, -0.2) is 0 Å². The minimum Gasteiger partial charge on any atom is -0.356 e. The quantitative estimate of drug-likeness (QED) is 0.727. The first kappa shape index (κ1) is 13.5. The molecular weight excluding hydrogens is 260 g/mol. The average molecular weight is 282 g/mol. The Kier molecular flexibility index (Phi) is 4.81. The van der Waals surface area contributed by atoms with Crippen LogP contribution in [0.3, 0.4) is 0 Å². The molecule has 0 bridgehead atoms. The fourth-order valence-corrected chi connectivity index (χ4v) is 3.22. The summed E-state index contributed by atoms with van der Waals surface area (Å²) in [7, 11) is 0. The lowest BCUT2D eigenvalue weighted by atomic mass is 10.2. The summed E-state index contributed by atoms with van der Waals surface area (Å²) in [6.07, 6.45) is 0.500. The van der Waals surface area contributed by atoms with Crippen molar-refractivity contribution in [2.24, 2.45) is 0 Å². The van der Waals surface area contributed by atoms with Gasteiger partial charge in [-0.05, 0) is 11.4 Å². The highest BCUT2D eigenvalue weighted by Gasteiger charge is 2.26. The molecule has 1 aromatic rings. The molecule has 3 rings (SSSR count). The maximum atomic E-state index is 5.94. The molecule has 19 heavy (non-hydrogen) atoms. The third-order valence-corrected chi connectivity index (χ3v) is 4.49. The van der Waals surface area contributed by atoms with Crippen molar-refractivity contribution in [3.63, 3.8) is 0 Å². The monoisotopic (exact) mass is 282 g/mol. The van der Waals surface area contributed by atoms with Crippen LogP contribution >= 0.6 is 11.3 Å². The normalized spacial score (nSPS) is 29.5. The Balaban J connectivity index is 1.47. The molecule has 0 amide bonds. The van der Waals surface area contributed by atoms with Crippen LogP contribution in [0.2, 0.25) is 0 Å². The first-order valence-corrected chi connectivity index (χ1v) is 7.85. The highest BCUT2D eigenvalue weighted by atomic mass is 32.1. The highest BCUT2D eigenvalue weighted by Crippen LogP contribution is 2.11. The molecule has 0 spiro atoms. The summed E-state index contributed by atoms with van der Waals surface area (Å²) >= 11 is 1.75. The van der Waals surface area contributed by atoms with Crippen molar-refractivity contribution in [2.45, 2.75) is 19.0 Å². The van der Waals surface area contributed by atoms with Gasteiger partial charge in [0, 0.05) is 44.1 Å². The SMILES string of the molecule is c1csc(COC2CNCC(N3CCNCC3)N2)c1. The van der Waals surface area contributed by atoms with Gasteiger partial charge in [0.05, 0.1) is 12.8 Å². The van der Waals surface area contributed by atoms with Crippen molar-refractivity contribution in [2.75, 3.05) is 39.3 Å². The van der Waals surface area contributed by atoms with Crippen LogP contribution in [0.1, 0.15) is 4.88 Å². The number of nitrogens with zero attached hydrogens (tertiary/aromatic N) is 1. The molecule has 2 aliphatic heterocycles. The minimum atomic E-state index is 0.107. The second-order valence-corrected chi connectivity index (χ2v) is 6.04. The molecule has 2 unspecified atom stereocenters. The summed E-state index contributed by atoms with van der Waals surface area (Å²) in [5.74, 6) is 0. The molecule has 5 nitrogen and oxygen atoms in total. The number of piperazine rings is 2. The van der Waals surface area contributed by atoms with E-state index in [0.29, 0.717) is 12.8 Å². The molecule has 6 heteroatoms. The first-order valence-electron chi connectivity index (χ1n) is 6.97. The van der Waals surface area contributed by atoms with Gasteiger partial charge in [-0.2, -0.15) is 0 Å². The van der Waals surface area contributed by atoms with Crippen molar-refractivity contribution in [1.29, 1.82) is 0 Å². The molecule has 0 radical (unpaired) electrons.